The Morgan fingerprint density at radius 2 is 1.91 bits per heavy atom. The molecule has 1 amide bonds. The largest absolute Gasteiger partial charge is 0.456 e. The van der Waals surface area contributed by atoms with Crippen LogP contribution in [-0.4, -0.2) is 29.9 Å². The van der Waals surface area contributed by atoms with E-state index in [4.69, 9.17) is 10.2 Å². The molecule has 0 saturated carbocycles. The van der Waals surface area contributed by atoms with Gasteiger partial charge in [0.15, 0.2) is 5.76 Å². The van der Waals surface area contributed by atoms with E-state index in [2.05, 4.69) is 12.1 Å². The highest BCUT2D eigenvalue weighted by Gasteiger charge is 2.35. The summed E-state index contributed by atoms with van der Waals surface area (Å²) >= 11 is 0. The van der Waals surface area contributed by atoms with Crippen LogP contribution in [0, 0.1) is 13.8 Å². The van der Waals surface area contributed by atoms with Crippen molar-refractivity contribution < 1.29 is 9.21 Å². The summed E-state index contributed by atoms with van der Waals surface area (Å²) in [6.45, 7) is 4.96. The van der Waals surface area contributed by atoms with Gasteiger partial charge in [0.05, 0.1) is 0 Å². The lowest BCUT2D eigenvalue weighted by molar-refractivity contribution is 0.0755. The molecule has 1 saturated heterocycles. The van der Waals surface area contributed by atoms with Crippen molar-refractivity contribution in [1.29, 1.82) is 0 Å². The Morgan fingerprint density at radius 1 is 1.23 bits per heavy atom. The Kier molecular flexibility index (Phi) is 4.94. The van der Waals surface area contributed by atoms with E-state index in [-0.39, 0.29) is 30.3 Å². The van der Waals surface area contributed by atoms with Crippen LogP contribution in [0.25, 0.3) is 0 Å². The van der Waals surface area contributed by atoms with E-state index in [1.165, 1.54) is 5.56 Å². The standard InChI is InChI=1S/C17H20N2O2.ClH/c1-11-8-12(2)21-16(11)17(20)19-9-14(15(18)10-19)13-6-4-3-5-7-13;/h3-8,14-15H,9-10,18H2,1-2H3;1H/t14-,15+;/m0./s1. The molecule has 3 rings (SSSR count). The van der Waals surface area contributed by atoms with Gasteiger partial charge in [0.1, 0.15) is 5.76 Å². The highest BCUT2D eigenvalue weighted by molar-refractivity contribution is 5.93. The molecule has 0 spiro atoms. The molecule has 0 bridgehead atoms. The van der Waals surface area contributed by atoms with E-state index in [1.54, 1.807) is 4.90 Å². The fourth-order valence-electron chi connectivity index (χ4n) is 3.05. The molecule has 0 radical (unpaired) electrons. The van der Waals surface area contributed by atoms with Crippen molar-refractivity contribution in [3.8, 4) is 0 Å². The first-order valence-electron chi connectivity index (χ1n) is 7.23. The molecule has 4 nitrogen and oxygen atoms in total. The molecule has 118 valence electrons. The van der Waals surface area contributed by atoms with Crippen LogP contribution in [0.2, 0.25) is 0 Å². The van der Waals surface area contributed by atoms with Crippen molar-refractivity contribution in [1.82, 2.24) is 4.90 Å². The lowest BCUT2D eigenvalue weighted by Gasteiger charge is -2.15. The van der Waals surface area contributed by atoms with Crippen LogP contribution in [0.1, 0.15) is 33.4 Å². The summed E-state index contributed by atoms with van der Waals surface area (Å²) in [6, 6.07) is 12.0. The monoisotopic (exact) mass is 320 g/mol. The van der Waals surface area contributed by atoms with E-state index < -0.39 is 0 Å². The molecule has 1 aromatic heterocycles. The summed E-state index contributed by atoms with van der Waals surface area (Å²) in [4.78, 5) is 14.4. The van der Waals surface area contributed by atoms with Gasteiger partial charge in [0, 0.05) is 30.6 Å². The second-order valence-electron chi connectivity index (χ2n) is 5.76. The van der Waals surface area contributed by atoms with Gasteiger partial charge >= 0.3 is 0 Å². The van der Waals surface area contributed by atoms with Gasteiger partial charge in [-0.15, -0.1) is 12.4 Å². The molecular formula is C17H21ClN2O2. The highest BCUT2D eigenvalue weighted by Crippen LogP contribution is 2.28. The molecule has 0 aliphatic carbocycles. The number of carbonyl (C=O) groups is 1. The van der Waals surface area contributed by atoms with Crippen LogP contribution < -0.4 is 5.73 Å². The van der Waals surface area contributed by atoms with Crippen LogP contribution in [-0.2, 0) is 0 Å². The van der Waals surface area contributed by atoms with E-state index in [0.29, 0.717) is 18.8 Å². The Labute approximate surface area is 136 Å². The number of nitrogens with zero attached hydrogens (tertiary/aromatic N) is 1. The fraction of sp³-hybridized carbons (Fsp3) is 0.353. The second kappa shape index (κ2) is 6.55. The van der Waals surface area contributed by atoms with Gasteiger partial charge < -0.3 is 15.1 Å². The van der Waals surface area contributed by atoms with E-state index in [0.717, 1.165) is 11.3 Å². The number of benzene rings is 1. The topological polar surface area (TPSA) is 59.5 Å². The highest BCUT2D eigenvalue weighted by atomic mass is 35.5. The zero-order valence-electron chi connectivity index (χ0n) is 12.8. The molecule has 1 fully saturated rings. The summed E-state index contributed by atoms with van der Waals surface area (Å²) in [6.07, 6.45) is 0. The second-order valence-corrected chi connectivity index (χ2v) is 5.76. The molecule has 1 aliphatic heterocycles. The van der Waals surface area contributed by atoms with Crippen molar-refractivity contribution >= 4 is 18.3 Å². The Hall–Kier alpha value is -1.78. The van der Waals surface area contributed by atoms with Crippen LogP contribution in [0.15, 0.2) is 40.8 Å². The minimum absolute atomic E-state index is 0. The third-order valence-corrected chi connectivity index (χ3v) is 4.12. The molecule has 2 atom stereocenters. The third-order valence-electron chi connectivity index (χ3n) is 4.12. The van der Waals surface area contributed by atoms with Crippen molar-refractivity contribution in [2.45, 2.75) is 25.8 Å². The third kappa shape index (κ3) is 3.03. The maximum Gasteiger partial charge on any atom is 0.289 e. The quantitative estimate of drug-likeness (QED) is 0.925. The zero-order valence-corrected chi connectivity index (χ0v) is 13.6. The number of amides is 1. The first-order valence-corrected chi connectivity index (χ1v) is 7.23. The molecule has 2 heterocycles. The Balaban J connectivity index is 0.00000176. The summed E-state index contributed by atoms with van der Waals surface area (Å²) in [7, 11) is 0. The Morgan fingerprint density at radius 3 is 2.50 bits per heavy atom. The first kappa shape index (κ1) is 16.6. The molecule has 2 aromatic rings. The van der Waals surface area contributed by atoms with Crippen molar-refractivity contribution in [3.05, 3.63) is 59.0 Å². The van der Waals surface area contributed by atoms with E-state index >= 15 is 0 Å². The fourth-order valence-corrected chi connectivity index (χ4v) is 3.05. The summed E-state index contributed by atoms with van der Waals surface area (Å²) in [5.74, 6) is 1.33. The number of halogens is 1. The minimum atomic E-state index is -0.0607. The zero-order chi connectivity index (χ0) is 15.0. The van der Waals surface area contributed by atoms with E-state index in [9.17, 15) is 4.79 Å². The lowest BCUT2D eigenvalue weighted by Crippen LogP contribution is -2.32. The van der Waals surface area contributed by atoms with Crippen LogP contribution >= 0.6 is 12.4 Å². The van der Waals surface area contributed by atoms with Crippen molar-refractivity contribution in [2.24, 2.45) is 5.73 Å². The molecule has 1 aromatic carbocycles. The predicted octanol–water partition coefficient (Wildman–Crippen LogP) is 2.89. The smallest absolute Gasteiger partial charge is 0.289 e. The molecule has 0 unspecified atom stereocenters. The summed E-state index contributed by atoms with van der Waals surface area (Å²) in [5.41, 5.74) is 8.31. The van der Waals surface area contributed by atoms with Crippen LogP contribution in [0.4, 0.5) is 0 Å². The number of rotatable bonds is 2. The molecule has 22 heavy (non-hydrogen) atoms. The molecule has 1 aliphatic rings. The maximum atomic E-state index is 12.6. The number of hydrogen-bond acceptors (Lipinski definition) is 3. The lowest BCUT2D eigenvalue weighted by atomic mass is 9.95. The average molecular weight is 321 g/mol. The number of aryl methyl sites for hydroxylation is 2. The molecule has 5 heteroatoms. The van der Waals surface area contributed by atoms with Crippen molar-refractivity contribution in [3.63, 3.8) is 0 Å². The van der Waals surface area contributed by atoms with Crippen LogP contribution in [0.3, 0.4) is 0 Å². The van der Waals surface area contributed by atoms with Crippen molar-refractivity contribution in [2.75, 3.05) is 13.1 Å². The van der Waals surface area contributed by atoms with E-state index in [1.807, 2.05) is 38.1 Å². The van der Waals surface area contributed by atoms with Crippen LogP contribution in [0.5, 0.6) is 0 Å². The summed E-state index contributed by atoms with van der Waals surface area (Å²) < 4.78 is 5.53. The van der Waals surface area contributed by atoms with Gasteiger partial charge in [0.2, 0.25) is 0 Å². The molecular weight excluding hydrogens is 300 g/mol. The van der Waals surface area contributed by atoms with Gasteiger partial charge in [-0.25, -0.2) is 0 Å². The average Bonchev–Trinajstić information content (AvgIpc) is 3.02. The predicted molar refractivity (Wildman–Crippen MR) is 88.5 cm³/mol. The normalized spacial score (nSPS) is 20.8. The number of carbonyl (C=O) groups excluding carboxylic acids is 1. The summed E-state index contributed by atoms with van der Waals surface area (Å²) in [5, 5.41) is 0. The Bertz CT molecular complexity index is 654. The minimum Gasteiger partial charge on any atom is -0.456 e. The van der Waals surface area contributed by atoms with Gasteiger partial charge in [-0.2, -0.15) is 0 Å². The first-order chi connectivity index (χ1) is 10.1. The van der Waals surface area contributed by atoms with Gasteiger partial charge in [-0.3, -0.25) is 4.79 Å². The van der Waals surface area contributed by atoms with Gasteiger partial charge in [-0.05, 0) is 25.5 Å². The van der Waals surface area contributed by atoms with Gasteiger partial charge in [-0.1, -0.05) is 30.3 Å². The maximum absolute atomic E-state index is 12.6. The SMILES string of the molecule is Cc1cc(C)c(C(=O)N2C[C@@H](N)[C@H](c3ccccc3)C2)o1.Cl. The number of hydrogen-bond donors (Lipinski definition) is 1. The number of nitrogens with two attached hydrogens (primary N) is 1. The number of likely N-dealkylation sites (tertiary alicyclic amines) is 1. The molecule has 2 N–H and O–H groups in total. The number of furan rings is 1. The van der Waals surface area contributed by atoms with Gasteiger partial charge in [0.25, 0.3) is 5.91 Å².